The fourth-order valence-electron chi connectivity index (χ4n) is 10.6. The van der Waals surface area contributed by atoms with Gasteiger partial charge in [-0.15, -0.1) is 0 Å². The molecule has 2 heteroatoms. The Bertz CT molecular complexity index is 3110. The summed E-state index contributed by atoms with van der Waals surface area (Å²) in [5.74, 6) is 1.79. The lowest BCUT2D eigenvalue weighted by atomic mass is 9.66. The third kappa shape index (κ3) is 4.88. The highest BCUT2D eigenvalue weighted by atomic mass is 16.5. The van der Waals surface area contributed by atoms with E-state index in [4.69, 9.17) is 4.74 Å². The number of fused-ring (bicyclic) bond motifs is 12. The second-order valence-electron chi connectivity index (χ2n) is 16.8. The number of rotatable bonds is 5. The summed E-state index contributed by atoms with van der Waals surface area (Å²) in [4.78, 5) is 2.43. The van der Waals surface area contributed by atoms with Gasteiger partial charge in [-0.25, -0.2) is 0 Å². The van der Waals surface area contributed by atoms with Crippen molar-refractivity contribution in [3.8, 4) is 56.0 Å². The fourth-order valence-corrected chi connectivity index (χ4v) is 10.6. The van der Waals surface area contributed by atoms with Crippen LogP contribution >= 0.6 is 0 Å². The minimum atomic E-state index is -0.474. The van der Waals surface area contributed by atoms with Crippen LogP contribution in [0.15, 0.2) is 212 Å². The van der Waals surface area contributed by atoms with Crippen LogP contribution in [0.4, 0.5) is 17.1 Å². The van der Waals surface area contributed by atoms with Crippen LogP contribution in [-0.4, -0.2) is 0 Å². The maximum atomic E-state index is 6.86. The van der Waals surface area contributed by atoms with E-state index in [2.05, 4.69) is 231 Å². The summed E-state index contributed by atoms with van der Waals surface area (Å²) >= 11 is 0. The van der Waals surface area contributed by atoms with Crippen LogP contribution in [0.3, 0.4) is 0 Å². The van der Waals surface area contributed by atoms with E-state index in [-0.39, 0.29) is 5.41 Å². The highest BCUT2D eigenvalue weighted by molar-refractivity contribution is 5.92. The molecule has 0 radical (unpaired) electrons. The van der Waals surface area contributed by atoms with Crippen molar-refractivity contribution in [3.63, 3.8) is 0 Å². The standard InChI is InChI=1S/C58H41NO/c1-57(2)48-22-10-6-19-44(48)47-34-33-42(37-53(47)57)59(54-26-14-9-18-43(54)39-16-4-3-5-17-39)41-31-28-38(29-32-41)40-30-35-52-56(36-40)60-55-27-15-13-25-51(55)58(52)49-23-11-7-20-45(49)46-21-8-12-24-50(46)58/h3-37H,1-2H3. The van der Waals surface area contributed by atoms with Crippen molar-refractivity contribution in [3.05, 3.63) is 246 Å². The minimum absolute atomic E-state index is 0.118. The van der Waals surface area contributed by atoms with Gasteiger partial charge in [-0.3, -0.25) is 0 Å². The van der Waals surface area contributed by atoms with Gasteiger partial charge in [-0.05, 0) is 104 Å². The Morgan fingerprint density at radius 1 is 0.333 bits per heavy atom. The third-order valence-corrected chi connectivity index (χ3v) is 13.4. The molecule has 2 aliphatic carbocycles. The Balaban J connectivity index is 0.989. The molecule has 284 valence electrons. The van der Waals surface area contributed by atoms with Crippen molar-refractivity contribution in [2.45, 2.75) is 24.7 Å². The second kappa shape index (κ2) is 13.0. The monoisotopic (exact) mass is 767 g/mol. The predicted molar refractivity (Wildman–Crippen MR) is 247 cm³/mol. The lowest BCUT2D eigenvalue weighted by Gasteiger charge is -2.39. The molecule has 9 aromatic carbocycles. The largest absolute Gasteiger partial charge is 0.457 e. The summed E-state index contributed by atoms with van der Waals surface area (Å²) in [5, 5.41) is 0. The summed E-state index contributed by atoms with van der Waals surface area (Å²) in [6, 6.07) is 77.6. The van der Waals surface area contributed by atoms with Crippen LogP contribution in [0.25, 0.3) is 44.5 Å². The SMILES string of the molecule is CC1(C)c2ccccc2-c2ccc(N(c3ccc(-c4ccc5c(c4)Oc4ccccc4C54c5ccccc5-c5ccccc54)cc3)c3ccccc3-c3ccccc3)cc21. The lowest BCUT2D eigenvalue weighted by molar-refractivity contribution is 0.436. The summed E-state index contributed by atoms with van der Waals surface area (Å²) < 4.78 is 6.86. The Hall–Kier alpha value is -7.42. The van der Waals surface area contributed by atoms with E-state index < -0.39 is 5.41 Å². The molecule has 0 unspecified atom stereocenters. The predicted octanol–water partition coefficient (Wildman–Crippen LogP) is 15.3. The molecule has 9 aromatic rings. The second-order valence-corrected chi connectivity index (χ2v) is 16.8. The molecule has 0 N–H and O–H groups in total. The van der Waals surface area contributed by atoms with Gasteiger partial charge in [0.05, 0.1) is 11.1 Å². The molecular formula is C58H41NO. The summed E-state index contributed by atoms with van der Waals surface area (Å²) in [6.45, 7) is 4.71. The average Bonchev–Trinajstić information content (AvgIpc) is 3.72. The number of nitrogens with zero attached hydrogens (tertiary/aromatic N) is 1. The van der Waals surface area contributed by atoms with Crippen LogP contribution in [0.2, 0.25) is 0 Å². The van der Waals surface area contributed by atoms with Gasteiger partial charge in [-0.1, -0.05) is 184 Å². The van der Waals surface area contributed by atoms with Crippen molar-refractivity contribution in [1.82, 2.24) is 0 Å². The van der Waals surface area contributed by atoms with Gasteiger partial charge >= 0.3 is 0 Å². The smallest absolute Gasteiger partial charge is 0.132 e. The highest BCUT2D eigenvalue weighted by Gasteiger charge is 2.51. The summed E-state index contributed by atoms with van der Waals surface area (Å²) in [5.41, 5.74) is 20.3. The van der Waals surface area contributed by atoms with E-state index in [1.54, 1.807) is 0 Å². The van der Waals surface area contributed by atoms with E-state index >= 15 is 0 Å². The molecule has 1 aliphatic heterocycles. The zero-order chi connectivity index (χ0) is 40.0. The third-order valence-electron chi connectivity index (χ3n) is 13.4. The number of para-hydroxylation sites is 2. The van der Waals surface area contributed by atoms with Crippen LogP contribution in [0.5, 0.6) is 11.5 Å². The van der Waals surface area contributed by atoms with Gasteiger partial charge in [0.15, 0.2) is 0 Å². The van der Waals surface area contributed by atoms with Gasteiger partial charge < -0.3 is 9.64 Å². The summed E-state index contributed by atoms with van der Waals surface area (Å²) in [6.07, 6.45) is 0. The fraction of sp³-hybridized carbons (Fsp3) is 0.0690. The molecule has 60 heavy (non-hydrogen) atoms. The Kier molecular flexibility index (Phi) is 7.52. The molecule has 1 spiro atoms. The Morgan fingerprint density at radius 3 is 1.57 bits per heavy atom. The normalized spacial score (nSPS) is 14.2. The zero-order valence-corrected chi connectivity index (χ0v) is 33.6. The van der Waals surface area contributed by atoms with E-state index in [1.807, 2.05) is 0 Å². The number of ether oxygens (including phenoxy) is 1. The van der Waals surface area contributed by atoms with E-state index in [0.717, 1.165) is 39.7 Å². The van der Waals surface area contributed by atoms with Crippen molar-refractivity contribution in [1.29, 1.82) is 0 Å². The van der Waals surface area contributed by atoms with Crippen molar-refractivity contribution in [2.75, 3.05) is 4.90 Å². The topological polar surface area (TPSA) is 12.5 Å². The van der Waals surface area contributed by atoms with Crippen LogP contribution in [-0.2, 0) is 10.8 Å². The Labute approximate surface area is 351 Å². The van der Waals surface area contributed by atoms with Crippen LogP contribution in [0, 0.1) is 0 Å². The molecule has 3 aliphatic rings. The lowest BCUT2D eigenvalue weighted by Crippen LogP contribution is -2.32. The summed E-state index contributed by atoms with van der Waals surface area (Å²) in [7, 11) is 0. The zero-order valence-electron chi connectivity index (χ0n) is 33.6. The van der Waals surface area contributed by atoms with Crippen LogP contribution < -0.4 is 9.64 Å². The molecule has 12 rings (SSSR count). The molecule has 1 heterocycles. The number of benzene rings is 9. The number of anilines is 3. The highest BCUT2D eigenvalue weighted by Crippen LogP contribution is 2.62. The minimum Gasteiger partial charge on any atom is -0.457 e. The molecular weight excluding hydrogens is 727 g/mol. The first-order chi connectivity index (χ1) is 29.5. The van der Waals surface area contributed by atoms with Crippen molar-refractivity contribution < 1.29 is 4.74 Å². The van der Waals surface area contributed by atoms with Gasteiger partial charge in [-0.2, -0.15) is 0 Å². The first-order valence-corrected chi connectivity index (χ1v) is 20.9. The van der Waals surface area contributed by atoms with E-state index in [0.29, 0.717) is 0 Å². The first-order valence-electron chi connectivity index (χ1n) is 20.9. The number of hydrogen-bond donors (Lipinski definition) is 0. The van der Waals surface area contributed by atoms with Gasteiger partial charge in [0.1, 0.15) is 11.5 Å². The molecule has 2 nitrogen and oxygen atoms in total. The molecule has 0 amide bonds. The maximum Gasteiger partial charge on any atom is 0.132 e. The van der Waals surface area contributed by atoms with Gasteiger partial charge in [0.25, 0.3) is 0 Å². The molecule has 0 fully saturated rings. The van der Waals surface area contributed by atoms with E-state index in [9.17, 15) is 0 Å². The molecule has 0 atom stereocenters. The molecule has 0 saturated carbocycles. The quantitative estimate of drug-likeness (QED) is 0.173. The van der Waals surface area contributed by atoms with Gasteiger partial charge in [0, 0.05) is 33.5 Å². The van der Waals surface area contributed by atoms with Crippen molar-refractivity contribution >= 4 is 17.1 Å². The molecule has 0 bridgehead atoms. The van der Waals surface area contributed by atoms with Crippen molar-refractivity contribution in [2.24, 2.45) is 0 Å². The first kappa shape index (κ1) is 34.6. The van der Waals surface area contributed by atoms with E-state index in [1.165, 1.54) is 66.8 Å². The van der Waals surface area contributed by atoms with Crippen LogP contribution in [0.1, 0.15) is 47.2 Å². The maximum absolute atomic E-state index is 6.86. The van der Waals surface area contributed by atoms with Gasteiger partial charge in [0.2, 0.25) is 0 Å². The average molecular weight is 768 g/mol. The number of hydrogen-bond acceptors (Lipinski definition) is 2. The molecule has 0 saturated heterocycles. The molecule has 0 aromatic heterocycles. The Morgan fingerprint density at radius 2 is 0.850 bits per heavy atom.